The number of ether oxygens (including phenoxy) is 1. The van der Waals surface area contributed by atoms with Gasteiger partial charge in [-0.25, -0.2) is 0 Å². The Hall–Kier alpha value is -2.75. The zero-order valence-electron chi connectivity index (χ0n) is 17.8. The molecular formula is C25H32N2O2. The number of amides is 1. The molecule has 1 aliphatic heterocycles. The van der Waals surface area contributed by atoms with Gasteiger partial charge in [0.25, 0.3) is 5.91 Å². The summed E-state index contributed by atoms with van der Waals surface area (Å²) in [7, 11) is 1.64. The molecule has 0 aliphatic carbocycles. The maximum Gasteiger partial charge on any atom is 0.251 e. The normalized spacial score (nSPS) is 15.6. The third-order valence-corrected chi connectivity index (χ3v) is 5.80. The number of piperidine rings is 1. The van der Waals surface area contributed by atoms with Gasteiger partial charge in [-0.1, -0.05) is 25.1 Å². The maximum absolute atomic E-state index is 12.7. The fourth-order valence-corrected chi connectivity index (χ4v) is 3.84. The SMILES string of the molecule is C=CCc1cc(C(=O)NC(C)c2ccc(N3CCC(C)CC3)cc2)ccc1OC. The van der Waals surface area contributed by atoms with Gasteiger partial charge >= 0.3 is 0 Å². The summed E-state index contributed by atoms with van der Waals surface area (Å²) in [6.45, 7) is 10.4. The topological polar surface area (TPSA) is 41.6 Å². The number of nitrogens with one attached hydrogen (secondary N) is 1. The van der Waals surface area contributed by atoms with Crippen molar-refractivity contribution in [3.05, 3.63) is 71.8 Å². The number of rotatable bonds is 7. The standard InChI is InChI=1S/C25H32N2O2/c1-5-6-21-17-22(9-12-24(21)29-4)25(28)26-19(3)20-7-10-23(11-8-20)27-15-13-18(2)14-16-27/h5,7-12,17-19H,1,6,13-16H2,2-4H3,(H,26,28). The van der Waals surface area contributed by atoms with Gasteiger partial charge in [0.15, 0.2) is 0 Å². The number of nitrogens with zero attached hydrogens (tertiary/aromatic N) is 1. The lowest BCUT2D eigenvalue weighted by atomic mass is 9.98. The molecule has 1 N–H and O–H groups in total. The molecule has 154 valence electrons. The first-order chi connectivity index (χ1) is 14.0. The van der Waals surface area contributed by atoms with E-state index in [1.165, 1.54) is 18.5 Å². The lowest BCUT2D eigenvalue weighted by Crippen LogP contribution is -2.32. The molecular weight excluding hydrogens is 360 g/mol. The van der Waals surface area contributed by atoms with E-state index in [4.69, 9.17) is 4.74 Å². The van der Waals surface area contributed by atoms with E-state index in [2.05, 4.69) is 48.0 Å². The number of hydrogen-bond donors (Lipinski definition) is 1. The Kier molecular flexibility index (Phi) is 6.97. The van der Waals surface area contributed by atoms with E-state index >= 15 is 0 Å². The summed E-state index contributed by atoms with van der Waals surface area (Å²) in [4.78, 5) is 15.2. The second kappa shape index (κ2) is 9.64. The van der Waals surface area contributed by atoms with Crippen LogP contribution >= 0.6 is 0 Å². The highest BCUT2D eigenvalue weighted by atomic mass is 16.5. The van der Waals surface area contributed by atoms with Crippen LogP contribution in [0.3, 0.4) is 0 Å². The monoisotopic (exact) mass is 392 g/mol. The molecule has 2 aromatic rings. The fourth-order valence-electron chi connectivity index (χ4n) is 3.84. The van der Waals surface area contributed by atoms with Gasteiger partial charge in [0, 0.05) is 24.3 Å². The summed E-state index contributed by atoms with van der Waals surface area (Å²) in [5.41, 5.74) is 3.97. The number of hydrogen-bond acceptors (Lipinski definition) is 3. The first kappa shape index (κ1) is 21.0. The third-order valence-electron chi connectivity index (χ3n) is 5.80. The van der Waals surface area contributed by atoms with Crippen molar-refractivity contribution in [2.45, 2.75) is 39.2 Å². The third kappa shape index (κ3) is 5.20. The highest BCUT2D eigenvalue weighted by Gasteiger charge is 2.17. The molecule has 0 bridgehead atoms. The Morgan fingerprint density at radius 1 is 1.24 bits per heavy atom. The van der Waals surface area contributed by atoms with E-state index in [1.54, 1.807) is 13.2 Å². The second-order valence-electron chi connectivity index (χ2n) is 7.98. The number of anilines is 1. The molecule has 1 saturated heterocycles. The molecule has 1 aliphatic rings. The summed E-state index contributed by atoms with van der Waals surface area (Å²) < 4.78 is 5.37. The number of benzene rings is 2. The highest BCUT2D eigenvalue weighted by molar-refractivity contribution is 5.94. The molecule has 1 amide bonds. The molecule has 0 aromatic heterocycles. The fraction of sp³-hybridized carbons (Fsp3) is 0.400. The van der Waals surface area contributed by atoms with Gasteiger partial charge in [0.2, 0.25) is 0 Å². The summed E-state index contributed by atoms with van der Waals surface area (Å²) >= 11 is 0. The lowest BCUT2D eigenvalue weighted by molar-refractivity contribution is 0.0939. The molecule has 1 fully saturated rings. The average Bonchev–Trinajstić information content (AvgIpc) is 2.74. The van der Waals surface area contributed by atoms with E-state index in [1.807, 2.05) is 25.1 Å². The maximum atomic E-state index is 12.7. The number of allylic oxidation sites excluding steroid dienone is 1. The Labute approximate surface area is 174 Å². The van der Waals surface area contributed by atoms with Gasteiger partial charge in [-0.2, -0.15) is 0 Å². The number of carbonyl (C=O) groups excluding carboxylic acids is 1. The van der Waals surface area contributed by atoms with Crippen molar-refractivity contribution in [3.8, 4) is 5.75 Å². The van der Waals surface area contributed by atoms with Crippen molar-refractivity contribution < 1.29 is 9.53 Å². The van der Waals surface area contributed by atoms with Gasteiger partial charge in [-0.05, 0) is 73.6 Å². The van der Waals surface area contributed by atoms with Crippen LogP contribution in [0.5, 0.6) is 5.75 Å². The molecule has 1 unspecified atom stereocenters. The van der Waals surface area contributed by atoms with Crippen molar-refractivity contribution in [3.63, 3.8) is 0 Å². The van der Waals surface area contributed by atoms with Gasteiger partial charge < -0.3 is 15.0 Å². The van der Waals surface area contributed by atoms with Crippen LogP contribution in [0.4, 0.5) is 5.69 Å². The molecule has 1 atom stereocenters. The van der Waals surface area contributed by atoms with Crippen LogP contribution < -0.4 is 15.0 Å². The Morgan fingerprint density at radius 2 is 1.93 bits per heavy atom. The molecule has 0 radical (unpaired) electrons. The van der Waals surface area contributed by atoms with Crippen LogP contribution in [-0.4, -0.2) is 26.1 Å². The van der Waals surface area contributed by atoms with Crippen molar-refractivity contribution in [1.29, 1.82) is 0 Å². The molecule has 29 heavy (non-hydrogen) atoms. The summed E-state index contributed by atoms with van der Waals surface area (Å²) in [5.74, 6) is 1.52. The van der Waals surface area contributed by atoms with Crippen molar-refractivity contribution >= 4 is 11.6 Å². The van der Waals surface area contributed by atoms with E-state index in [9.17, 15) is 4.79 Å². The molecule has 3 rings (SSSR count). The van der Waals surface area contributed by atoms with E-state index < -0.39 is 0 Å². The minimum Gasteiger partial charge on any atom is -0.496 e. The molecule has 0 saturated carbocycles. The second-order valence-corrected chi connectivity index (χ2v) is 7.98. The van der Waals surface area contributed by atoms with Crippen LogP contribution in [0.25, 0.3) is 0 Å². The van der Waals surface area contributed by atoms with Gasteiger partial charge in [0.05, 0.1) is 13.2 Å². The molecule has 4 heteroatoms. The van der Waals surface area contributed by atoms with Crippen LogP contribution in [0, 0.1) is 5.92 Å². The van der Waals surface area contributed by atoms with E-state index in [0.717, 1.165) is 35.9 Å². The average molecular weight is 393 g/mol. The Bertz CT molecular complexity index is 836. The summed E-state index contributed by atoms with van der Waals surface area (Å²) in [5, 5.41) is 3.10. The quantitative estimate of drug-likeness (QED) is 0.663. The predicted octanol–water partition coefficient (Wildman–Crippen LogP) is 5.15. The van der Waals surface area contributed by atoms with Crippen LogP contribution in [-0.2, 0) is 6.42 Å². The zero-order chi connectivity index (χ0) is 20.8. The number of carbonyl (C=O) groups is 1. The highest BCUT2D eigenvalue weighted by Crippen LogP contribution is 2.25. The lowest BCUT2D eigenvalue weighted by Gasteiger charge is -2.32. The van der Waals surface area contributed by atoms with Crippen molar-refractivity contribution in [2.75, 3.05) is 25.1 Å². The summed E-state index contributed by atoms with van der Waals surface area (Å²) in [6.07, 6.45) is 4.98. The molecule has 0 spiro atoms. The first-order valence-electron chi connectivity index (χ1n) is 10.5. The first-order valence-corrected chi connectivity index (χ1v) is 10.5. The smallest absolute Gasteiger partial charge is 0.251 e. The van der Waals surface area contributed by atoms with E-state index in [-0.39, 0.29) is 11.9 Å². The van der Waals surface area contributed by atoms with Crippen LogP contribution in [0.15, 0.2) is 55.1 Å². The molecule has 1 heterocycles. The predicted molar refractivity (Wildman–Crippen MR) is 120 cm³/mol. The Balaban J connectivity index is 1.65. The Morgan fingerprint density at radius 3 is 2.55 bits per heavy atom. The van der Waals surface area contributed by atoms with Gasteiger partial charge in [0.1, 0.15) is 5.75 Å². The minimum atomic E-state index is -0.0837. The van der Waals surface area contributed by atoms with Gasteiger partial charge in [-0.15, -0.1) is 6.58 Å². The molecule has 2 aromatic carbocycles. The van der Waals surface area contributed by atoms with Gasteiger partial charge in [-0.3, -0.25) is 4.79 Å². The van der Waals surface area contributed by atoms with Crippen LogP contribution in [0.1, 0.15) is 54.2 Å². The van der Waals surface area contributed by atoms with Crippen LogP contribution in [0.2, 0.25) is 0 Å². The zero-order valence-corrected chi connectivity index (χ0v) is 17.8. The molecule has 4 nitrogen and oxygen atoms in total. The number of methoxy groups -OCH3 is 1. The van der Waals surface area contributed by atoms with E-state index in [0.29, 0.717) is 12.0 Å². The van der Waals surface area contributed by atoms with Crippen molar-refractivity contribution in [2.24, 2.45) is 5.92 Å². The largest absolute Gasteiger partial charge is 0.496 e. The summed E-state index contributed by atoms with van der Waals surface area (Å²) in [6, 6.07) is 14.0. The van der Waals surface area contributed by atoms with Crippen molar-refractivity contribution in [1.82, 2.24) is 5.32 Å². The minimum absolute atomic E-state index is 0.0668.